The fourth-order valence-electron chi connectivity index (χ4n) is 4.95. The summed E-state index contributed by atoms with van der Waals surface area (Å²) in [6.07, 6.45) is 4.74. The first-order valence-electron chi connectivity index (χ1n) is 13.4. The normalized spacial score (nSPS) is 15.2. The van der Waals surface area contributed by atoms with Crippen LogP contribution >= 0.6 is 38.9 Å². The predicted molar refractivity (Wildman–Crippen MR) is 171 cm³/mol. The van der Waals surface area contributed by atoms with Crippen LogP contribution in [0.2, 0.25) is 5.02 Å². The summed E-state index contributed by atoms with van der Waals surface area (Å²) in [6, 6.07) is 23.2. The maximum Gasteiger partial charge on any atom is 0.259 e. The minimum atomic E-state index is -0.132. The highest BCUT2D eigenvalue weighted by molar-refractivity contribution is 9.10. The summed E-state index contributed by atoms with van der Waals surface area (Å²) < 4.78 is 6.85. The molecule has 0 bridgehead atoms. The molecular weight excluding hydrogens is 604 g/mol. The molecule has 4 nitrogen and oxygen atoms in total. The number of hydrogen-bond acceptors (Lipinski definition) is 4. The molecule has 0 saturated heterocycles. The van der Waals surface area contributed by atoms with Gasteiger partial charge in [0.25, 0.3) is 5.91 Å². The maximum absolute atomic E-state index is 13.6. The van der Waals surface area contributed by atoms with E-state index in [0.29, 0.717) is 28.8 Å². The van der Waals surface area contributed by atoms with Crippen LogP contribution in [0.15, 0.2) is 82.3 Å². The highest BCUT2D eigenvalue weighted by atomic mass is 79.9. The lowest BCUT2D eigenvalue weighted by atomic mass is 9.72. The summed E-state index contributed by atoms with van der Waals surface area (Å²) in [7, 11) is 0. The molecule has 3 aromatic carbocycles. The highest BCUT2D eigenvalue weighted by Gasteiger charge is 2.33. The first-order chi connectivity index (χ1) is 19.2. The van der Waals surface area contributed by atoms with Gasteiger partial charge in [0, 0.05) is 21.8 Å². The SMILES string of the molecule is CC(C)(C)[C@@H]1CCc2c(sc(N=Cc3ccc(OCc4ccccc4)c(Br)c3)c2C(=O)Nc2ccc(Cl)cc2)C1. The Hall–Kier alpha value is -2.93. The number of benzene rings is 3. The number of carbonyl (C=O) groups is 1. The summed E-state index contributed by atoms with van der Waals surface area (Å²) >= 11 is 11.3. The Morgan fingerprint density at radius 2 is 1.88 bits per heavy atom. The van der Waals surface area contributed by atoms with E-state index in [0.717, 1.165) is 51.2 Å². The summed E-state index contributed by atoms with van der Waals surface area (Å²) in [4.78, 5) is 19.7. The summed E-state index contributed by atoms with van der Waals surface area (Å²) in [5, 5.41) is 4.43. The van der Waals surface area contributed by atoms with Crippen molar-refractivity contribution in [2.75, 3.05) is 5.32 Å². The van der Waals surface area contributed by atoms with Gasteiger partial charge in [-0.1, -0.05) is 62.7 Å². The van der Waals surface area contributed by atoms with Gasteiger partial charge in [-0.05, 0) is 106 Å². The smallest absolute Gasteiger partial charge is 0.259 e. The molecule has 206 valence electrons. The highest BCUT2D eigenvalue weighted by Crippen LogP contribution is 2.45. The topological polar surface area (TPSA) is 50.7 Å². The molecule has 1 aromatic heterocycles. The maximum atomic E-state index is 13.6. The number of carbonyl (C=O) groups excluding carboxylic acids is 1. The Morgan fingerprint density at radius 1 is 1.12 bits per heavy atom. The van der Waals surface area contributed by atoms with Crippen molar-refractivity contribution in [3.63, 3.8) is 0 Å². The van der Waals surface area contributed by atoms with Crippen molar-refractivity contribution in [2.24, 2.45) is 16.3 Å². The molecule has 40 heavy (non-hydrogen) atoms. The van der Waals surface area contributed by atoms with Crippen LogP contribution in [0.1, 0.15) is 59.1 Å². The first-order valence-corrected chi connectivity index (χ1v) is 15.4. The number of rotatable bonds is 7. The van der Waals surface area contributed by atoms with E-state index in [2.05, 4.69) is 42.0 Å². The monoisotopic (exact) mass is 634 g/mol. The lowest BCUT2D eigenvalue weighted by Gasteiger charge is -2.33. The first kappa shape index (κ1) is 28.6. The number of fused-ring (bicyclic) bond motifs is 1. The number of nitrogens with one attached hydrogen (secondary N) is 1. The second-order valence-electron chi connectivity index (χ2n) is 11.2. The lowest BCUT2D eigenvalue weighted by molar-refractivity contribution is 0.102. The molecule has 1 aliphatic rings. The van der Waals surface area contributed by atoms with Crippen LogP contribution in [0.3, 0.4) is 0 Å². The predicted octanol–water partition coefficient (Wildman–Crippen LogP) is 9.90. The Labute approximate surface area is 253 Å². The Bertz CT molecular complexity index is 1520. The van der Waals surface area contributed by atoms with E-state index in [9.17, 15) is 4.79 Å². The lowest BCUT2D eigenvalue weighted by Crippen LogP contribution is -2.27. The van der Waals surface area contributed by atoms with Crippen LogP contribution in [0.4, 0.5) is 10.7 Å². The van der Waals surface area contributed by atoms with Crippen LogP contribution in [0.5, 0.6) is 5.75 Å². The van der Waals surface area contributed by atoms with Gasteiger partial charge in [-0.3, -0.25) is 4.79 Å². The third kappa shape index (κ3) is 6.85. The molecule has 5 rings (SSSR count). The molecule has 1 aliphatic carbocycles. The molecule has 7 heteroatoms. The second kappa shape index (κ2) is 12.3. The van der Waals surface area contributed by atoms with Gasteiger partial charge in [-0.15, -0.1) is 11.3 Å². The van der Waals surface area contributed by atoms with Crippen LogP contribution in [-0.4, -0.2) is 12.1 Å². The Kier molecular flexibility index (Phi) is 8.79. The summed E-state index contributed by atoms with van der Waals surface area (Å²) in [6.45, 7) is 7.40. The van der Waals surface area contributed by atoms with Gasteiger partial charge in [-0.2, -0.15) is 0 Å². The number of anilines is 1. The van der Waals surface area contributed by atoms with Crippen molar-refractivity contribution >= 4 is 61.7 Å². The molecule has 0 saturated carbocycles. The molecule has 1 heterocycles. The van der Waals surface area contributed by atoms with Crippen molar-refractivity contribution in [3.8, 4) is 5.75 Å². The molecule has 0 spiro atoms. The Morgan fingerprint density at radius 3 is 2.58 bits per heavy atom. The number of aliphatic imine (C=N–C) groups is 1. The number of nitrogens with zero attached hydrogens (tertiary/aromatic N) is 1. The Balaban J connectivity index is 1.40. The zero-order valence-electron chi connectivity index (χ0n) is 22.8. The number of thiophene rings is 1. The summed E-state index contributed by atoms with van der Waals surface area (Å²) in [5.41, 5.74) is 4.77. The average molecular weight is 636 g/mol. The number of ether oxygens (including phenoxy) is 1. The van der Waals surface area contributed by atoms with Crippen molar-refractivity contribution < 1.29 is 9.53 Å². The van der Waals surface area contributed by atoms with Crippen molar-refractivity contribution in [2.45, 2.75) is 46.6 Å². The van der Waals surface area contributed by atoms with Crippen LogP contribution < -0.4 is 10.1 Å². The van der Waals surface area contributed by atoms with E-state index in [1.165, 1.54) is 4.88 Å². The fraction of sp³-hybridized carbons (Fsp3) is 0.273. The van der Waals surface area contributed by atoms with Crippen LogP contribution in [-0.2, 0) is 19.4 Å². The molecule has 0 aliphatic heterocycles. The largest absolute Gasteiger partial charge is 0.488 e. The summed E-state index contributed by atoms with van der Waals surface area (Å²) in [5.74, 6) is 1.21. The molecule has 1 amide bonds. The zero-order chi connectivity index (χ0) is 28.3. The van der Waals surface area contributed by atoms with Gasteiger partial charge in [0.15, 0.2) is 0 Å². The van der Waals surface area contributed by atoms with E-state index >= 15 is 0 Å². The molecule has 0 fully saturated rings. The number of hydrogen-bond donors (Lipinski definition) is 1. The van der Waals surface area contributed by atoms with Gasteiger partial charge in [-0.25, -0.2) is 4.99 Å². The van der Waals surface area contributed by atoms with Crippen molar-refractivity contribution in [1.82, 2.24) is 0 Å². The van der Waals surface area contributed by atoms with Crippen LogP contribution in [0, 0.1) is 11.3 Å². The van der Waals surface area contributed by atoms with Crippen molar-refractivity contribution in [3.05, 3.63) is 109 Å². The average Bonchev–Trinajstić information content (AvgIpc) is 3.30. The molecule has 1 N–H and O–H groups in total. The van der Waals surface area contributed by atoms with Gasteiger partial charge in [0.1, 0.15) is 17.4 Å². The quantitative estimate of drug-likeness (QED) is 0.206. The molecular formula is C33H32BrClN2O2S. The standard InChI is InChI=1S/C33H32BrClN2O2S/c1-33(2,3)23-10-15-26-29(18-23)40-32(30(26)31(38)37-25-13-11-24(35)12-14-25)36-19-22-9-16-28(27(34)17-22)39-20-21-7-5-4-6-8-21/h4-9,11-14,16-17,19,23H,10,15,18,20H2,1-3H3,(H,37,38)/t23-/m1/s1. The third-order valence-corrected chi connectivity index (χ3v) is 9.36. The fourth-order valence-corrected chi connectivity index (χ4v) is 6.85. The number of amides is 1. The van der Waals surface area contributed by atoms with E-state index in [1.807, 2.05) is 66.9 Å². The van der Waals surface area contributed by atoms with Crippen LogP contribution in [0.25, 0.3) is 0 Å². The van der Waals surface area contributed by atoms with Gasteiger partial charge >= 0.3 is 0 Å². The van der Waals surface area contributed by atoms with Gasteiger partial charge in [0.05, 0.1) is 10.0 Å². The molecule has 0 unspecified atom stereocenters. The van der Waals surface area contributed by atoms with E-state index in [-0.39, 0.29) is 11.3 Å². The zero-order valence-corrected chi connectivity index (χ0v) is 26.0. The third-order valence-electron chi connectivity index (χ3n) is 7.32. The van der Waals surface area contributed by atoms with E-state index < -0.39 is 0 Å². The second-order valence-corrected chi connectivity index (χ2v) is 13.5. The van der Waals surface area contributed by atoms with E-state index in [1.54, 1.807) is 23.5 Å². The molecule has 4 aromatic rings. The molecule has 0 radical (unpaired) electrons. The minimum absolute atomic E-state index is 0.132. The van der Waals surface area contributed by atoms with Gasteiger partial charge < -0.3 is 10.1 Å². The van der Waals surface area contributed by atoms with Crippen molar-refractivity contribution in [1.29, 1.82) is 0 Å². The minimum Gasteiger partial charge on any atom is -0.488 e. The number of halogens is 2. The van der Waals surface area contributed by atoms with Gasteiger partial charge in [0.2, 0.25) is 0 Å². The van der Waals surface area contributed by atoms with E-state index in [4.69, 9.17) is 21.3 Å². The molecule has 1 atom stereocenters.